The highest BCUT2D eigenvalue weighted by molar-refractivity contribution is 6.30. The Hall–Kier alpha value is -2.86. The zero-order chi connectivity index (χ0) is 26.5. The number of fused-ring (bicyclic) bond motifs is 1. The Bertz CT molecular complexity index is 1140. The number of hydrogen-bond donors (Lipinski definition) is 1. The van der Waals surface area contributed by atoms with Gasteiger partial charge in [0.2, 0.25) is 11.8 Å². The van der Waals surface area contributed by atoms with Crippen LogP contribution < -0.4 is 5.32 Å². The molecule has 1 aromatic rings. The Morgan fingerprint density at radius 1 is 1.22 bits per heavy atom. The molecule has 0 unspecified atom stereocenters. The lowest BCUT2D eigenvalue weighted by molar-refractivity contribution is -0.147. The van der Waals surface area contributed by atoms with Crippen LogP contribution in [-0.2, 0) is 14.3 Å². The molecular formula is C27H34ClN5O4. The van der Waals surface area contributed by atoms with E-state index in [0.717, 1.165) is 37.7 Å². The average molecular weight is 528 g/mol. The number of carbonyl (C=O) groups excluding carboxylic acids is 3. The molecule has 1 aromatic heterocycles. The van der Waals surface area contributed by atoms with Crippen LogP contribution in [0, 0.1) is 17.2 Å². The summed E-state index contributed by atoms with van der Waals surface area (Å²) in [7, 11) is 0. The maximum absolute atomic E-state index is 14.1. The van der Waals surface area contributed by atoms with Crippen LogP contribution in [0.15, 0.2) is 18.5 Å². The van der Waals surface area contributed by atoms with Gasteiger partial charge in [-0.25, -0.2) is 4.79 Å². The van der Waals surface area contributed by atoms with Crippen molar-refractivity contribution >= 4 is 29.5 Å². The van der Waals surface area contributed by atoms with Crippen LogP contribution in [0.5, 0.6) is 0 Å². The number of nitrogens with one attached hydrogen (secondary N) is 1. The number of likely N-dealkylation sites (tertiary alicyclic amines) is 1. The minimum Gasteiger partial charge on any atom is -0.444 e. The first kappa shape index (κ1) is 25.8. The molecule has 37 heavy (non-hydrogen) atoms. The fraction of sp³-hybridized carbons (Fsp3) is 0.667. The zero-order valence-corrected chi connectivity index (χ0v) is 22.3. The minimum absolute atomic E-state index is 0.0238. The maximum atomic E-state index is 14.1. The van der Waals surface area contributed by atoms with Crippen LogP contribution in [-0.4, -0.2) is 68.5 Å². The molecule has 1 N–H and O–H groups in total. The molecule has 1 spiro atoms. The molecule has 4 aliphatic rings. The van der Waals surface area contributed by atoms with Crippen molar-refractivity contribution in [2.24, 2.45) is 5.92 Å². The molecule has 9 nitrogen and oxygen atoms in total. The lowest BCUT2D eigenvalue weighted by Crippen LogP contribution is -2.56. The number of nitriles is 1. The standard InChI is InChI=1S/C27H34ClN5O4/c1-26(2,3)37-25(36)31-21-6-4-5-18-7-8-22(33(18)23(21)34)24(35)32-15-19(16-11-17(28)14-30-13-16)20(12-29)27(32)9-10-27/h11,13-14,18-22H,4-10,15H2,1-3H3,(H,31,36)/t18-,19+,20+,21-,22-/m0/s1. The number of ether oxygens (including phenoxy) is 1. The summed E-state index contributed by atoms with van der Waals surface area (Å²) in [6, 6.07) is 2.96. The second-order valence-corrected chi connectivity index (χ2v) is 12.3. The quantitative estimate of drug-likeness (QED) is 0.639. The molecule has 5 rings (SSSR count). The molecule has 10 heteroatoms. The fourth-order valence-corrected chi connectivity index (χ4v) is 6.73. The van der Waals surface area contributed by atoms with Crippen LogP contribution in [0.4, 0.5) is 4.79 Å². The maximum Gasteiger partial charge on any atom is 0.408 e. The van der Waals surface area contributed by atoms with Crippen molar-refractivity contribution in [1.29, 1.82) is 5.26 Å². The fourth-order valence-electron chi connectivity index (χ4n) is 6.55. The topological polar surface area (TPSA) is 116 Å². The van der Waals surface area contributed by atoms with E-state index in [1.54, 1.807) is 38.1 Å². The largest absolute Gasteiger partial charge is 0.444 e. The third-order valence-electron chi connectivity index (χ3n) is 8.28. The first-order valence-corrected chi connectivity index (χ1v) is 13.5. The van der Waals surface area contributed by atoms with E-state index in [1.807, 2.05) is 11.0 Å². The van der Waals surface area contributed by atoms with E-state index >= 15 is 0 Å². The number of hydrogen-bond acceptors (Lipinski definition) is 6. The van der Waals surface area contributed by atoms with Crippen LogP contribution in [0.25, 0.3) is 0 Å². The summed E-state index contributed by atoms with van der Waals surface area (Å²) in [4.78, 5) is 48.0. The van der Waals surface area contributed by atoms with Crippen LogP contribution in [0.3, 0.4) is 0 Å². The van der Waals surface area contributed by atoms with Gasteiger partial charge >= 0.3 is 6.09 Å². The average Bonchev–Trinajstić information content (AvgIpc) is 3.42. The Kier molecular flexibility index (Phi) is 6.59. The first-order valence-electron chi connectivity index (χ1n) is 13.2. The normalized spacial score (nSPS) is 30.5. The second-order valence-electron chi connectivity index (χ2n) is 11.8. The molecule has 3 aliphatic heterocycles. The van der Waals surface area contributed by atoms with Crippen molar-refractivity contribution in [3.05, 3.63) is 29.0 Å². The molecule has 3 amide bonds. The molecule has 198 valence electrons. The highest BCUT2D eigenvalue weighted by atomic mass is 35.5. The van der Waals surface area contributed by atoms with E-state index in [9.17, 15) is 19.6 Å². The molecule has 5 atom stereocenters. The minimum atomic E-state index is -0.723. The summed E-state index contributed by atoms with van der Waals surface area (Å²) >= 11 is 6.19. The Morgan fingerprint density at radius 2 is 1.97 bits per heavy atom. The third-order valence-corrected chi connectivity index (χ3v) is 8.49. The Labute approximate surface area is 222 Å². The molecule has 0 bridgehead atoms. The smallest absolute Gasteiger partial charge is 0.408 e. The predicted octanol–water partition coefficient (Wildman–Crippen LogP) is 3.77. The van der Waals surface area contributed by atoms with E-state index in [4.69, 9.17) is 16.3 Å². The number of aromatic nitrogens is 1. The van der Waals surface area contributed by atoms with Gasteiger partial charge in [0.15, 0.2) is 0 Å². The van der Waals surface area contributed by atoms with Gasteiger partial charge in [0.05, 0.1) is 22.5 Å². The summed E-state index contributed by atoms with van der Waals surface area (Å²) < 4.78 is 5.38. The SMILES string of the molecule is CC(C)(C)OC(=O)N[C@H]1CCC[C@H]2CC[C@@H](C(=O)N3C[C@H](c4cncc(Cl)c4)[C@@H](C#N)C34CC4)N2C1=O. The van der Waals surface area contributed by atoms with Gasteiger partial charge in [-0.05, 0) is 77.3 Å². The summed E-state index contributed by atoms with van der Waals surface area (Å²) in [6.45, 7) is 5.73. The van der Waals surface area contributed by atoms with Gasteiger partial charge in [-0.2, -0.15) is 5.26 Å². The van der Waals surface area contributed by atoms with Crippen LogP contribution in [0.2, 0.25) is 5.02 Å². The summed E-state index contributed by atoms with van der Waals surface area (Å²) in [5, 5.41) is 13.4. The predicted molar refractivity (Wildman–Crippen MR) is 135 cm³/mol. The van der Waals surface area contributed by atoms with Gasteiger partial charge in [0.25, 0.3) is 0 Å². The zero-order valence-electron chi connectivity index (χ0n) is 21.6. The van der Waals surface area contributed by atoms with E-state index in [0.29, 0.717) is 24.4 Å². The van der Waals surface area contributed by atoms with Crippen molar-refractivity contribution in [2.75, 3.05) is 6.54 Å². The van der Waals surface area contributed by atoms with Gasteiger partial charge in [-0.1, -0.05) is 11.6 Å². The summed E-state index contributed by atoms with van der Waals surface area (Å²) in [5.74, 6) is -0.846. The lowest BCUT2D eigenvalue weighted by atomic mass is 9.85. The Balaban J connectivity index is 1.37. The second kappa shape index (κ2) is 9.46. The van der Waals surface area contributed by atoms with Gasteiger partial charge in [-0.15, -0.1) is 0 Å². The van der Waals surface area contributed by atoms with Crippen molar-refractivity contribution in [1.82, 2.24) is 20.1 Å². The molecule has 4 fully saturated rings. The van der Waals surface area contributed by atoms with Gasteiger partial charge in [0, 0.05) is 30.9 Å². The Morgan fingerprint density at radius 3 is 2.62 bits per heavy atom. The molecule has 3 saturated heterocycles. The number of alkyl carbamates (subject to hydrolysis) is 1. The molecule has 1 aliphatic carbocycles. The van der Waals surface area contributed by atoms with Crippen molar-refractivity contribution in [3.8, 4) is 6.07 Å². The number of amides is 3. The molecule has 4 heterocycles. The van der Waals surface area contributed by atoms with Crippen molar-refractivity contribution in [3.63, 3.8) is 0 Å². The number of halogens is 1. The molecule has 0 aromatic carbocycles. The highest BCUT2D eigenvalue weighted by Crippen LogP contribution is 2.58. The lowest BCUT2D eigenvalue weighted by Gasteiger charge is -2.35. The molecule has 1 saturated carbocycles. The van der Waals surface area contributed by atoms with Gasteiger partial charge in [0.1, 0.15) is 17.7 Å². The van der Waals surface area contributed by atoms with Gasteiger partial charge in [-0.3, -0.25) is 14.6 Å². The third kappa shape index (κ3) is 4.76. The number of carbonyl (C=O) groups is 3. The van der Waals surface area contributed by atoms with Crippen LogP contribution in [0.1, 0.15) is 77.2 Å². The van der Waals surface area contributed by atoms with E-state index in [2.05, 4.69) is 16.4 Å². The van der Waals surface area contributed by atoms with Crippen molar-refractivity contribution < 1.29 is 19.1 Å². The van der Waals surface area contributed by atoms with E-state index < -0.39 is 29.3 Å². The monoisotopic (exact) mass is 527 g/mol. The van der Waals surface area contributed by atoms with Crippen LogP contribution >= 0.6 is 11.6 Å². The highest BCUT2D eigenvalue weighted by Gasteiger charge is 2.64. The molecular weight excluding hydrogens is 494 g/mol. The first-order chi connectivity index (χ1) is 17.5. The van der Waals surface area contributed by atoms with E-state index in [-0.39, 0.29) is 29.7 Å². The number of nitrogens with zero attached hydrogens (tertiary/aromatic N) is 4. The van der Waals surface area contributed by atoms with Crippen molar-refractivity contribution in [2.45, 2.75) is 101 Å². The summed E-state index contributed by atoms with van der Waals surface area (Å²) in [5.41, 5.74) is -0.315. The number of rotatable bonds is 3. The van der Waals surface area contributed by atoms with Gasteiger partial charge < -0.3 is 19.9 Å². The van der Waals surface area contributed by atoms with E-state index in [1.165, 1.54) is 0 Å². The summed E-state index contributed by atoms with van der Waals surface area (Å²) in [6.07, 6.45) is 7.63. The number of pyridine rings is 1. The molecule has 0 radical (unpaired) electrons.